The molecular weight excluding hydrogens is 298 g/mol. The molecule has 3 aromatic rings. The summed E-state index contributed by atoms with van der Waals surface area (Å²) in [5, 5.41) is 6.57. The van der Waals surface area contributed by atoms with Crippen LogP contribution in [0.1, 0.15) is 22.5 Å². The normalized spacial score (nSPS) is 10.5. The zero-order valence-corrected chi connectivity index (χ0v) is 14.2. The number of anilines is 3. The molecule has 0 fully saturated rings. The lowest BCUT2D eigenvalue weighted by atomic mass is 10.1. The first kappa shape index (κ1) is 15.9. The number of nitrogens with one attached hydrogen (secondary N) is 2. The fourth-order valence-corrected chi connectivity index (χ4v) is 2.35. The first-order valence-corrected chi connectivity index (χ1v) is 7.94. The molecule has 0 saturated carbocycles. The monoisotopic (exact) mass is 319 g/mol. The molecular formula is C19H21N5. The molecule has 1 aromatic carbocycles. The minimum Gasteiger partial charge on any atom is -0.349 e. The number of benzene rings is 1. The van der Waals surface area contributed by atoms with Gasteiger partial charge in [0, 0.05) is 23.6 Å². The summed E-state index contributed by atoms with van der Waals surface area (Å²) >= 11 is 0. The van der Waals surface area contributed by atoms with Crippen LogP contribution in [0.2, 0.25) is 0 Å². The van der Waals surface area contributed by atoms with E-state index in [1.807, 2.05) is 31.2 Å². The Hall–Kier alpha value is -2.95. The molecule has 0 spiro atoms. The zero-order chi connectivity index (χ0) is 16.9. The highest BCUT2D eigenvalue weighted by Gasteiger charge is 2.04. The predicted octanol–water partition coefficient (Wildman–Crippen LogP) is 4.15. The molecule has 24 heavy (non-hydrogen) atoms. The Bertz CT molecular complexity index is 830. The molecule has 5 heteroatoms. The maximum absolute atomic E-state index is 4.53. The number of aromatic nitrogens is 3. The highest BCUT2D eigenvalue weighted by Crippen LogP contribution is 2.19. The number of aryl methyl sites for hydroxylation is 3. The van der Waals surface area contributed by atoms with E-state index < -0.39 is 0 Å². The van der Waals surface area contributed by atoms with Crippen LogP contribution in [-0.4, -0.2) is 15.0 Å². The van der Waals surface area contributed by atoms with Gasteiger partial charge >= 0.3 is 0 Å². The average molecular weight is 319 g/mol. The smallest absolute Gasteiger partial charge is 0.225 e. The molecule has 0 aliphatic carbocycles. The standard InChI is InChI=1S/C19H21N5/c1-13-7-8-16(10-14(13)2)23-18-11-15(3)22-19(24-18)21-12-17-6-4-5-9-20-17/h4-11H,12H2,1-3H3,(H2,21,22,23,24). The van der Waals surface area contributed by atoms with Gasteiger partial charge in [0.1, 0.15) is 5.82 Å². The van der Waals surface area contributed by atoms with Crippen LogP contribution in [0, 0.1) is 20.8 Å². The summed E-state index contributed by atoms with van der Waals surface area (Å²) in [5.41, 5.74) is 5.40. The second-order valence-corrected chi connectivity index (χ2v) is 5.82. The van der Waals surface area contributed by atoms with Crippen molar-refractivity contribution in [3.8, 4) is 0 Å². The summed E-state index contributed by atoms with van der Waals surface area (Å²) < 4.78 is 0. The molecule has 0 aliphatic heterocycles. The van der Waals surface area contributed by atoms with Crippen molar-refractivity contribution < 1.29 is 0 Å². The minimum atomic E-state index is 0.590. The maximum Gasteiger partial charge on any atom is 0.225 e. The lowest BCUT2D eigenvalue weighted by molar-refractivity contribution is 0.991. The molecule has 0 amide bonds. The van der Waals surface area contributed by atoms with Crippen molar-refractivity contribution in [2.45, 2.75) is 27.3 Å². The molecule has 2 aromatic heterocycles. The van der Waals surface area contributed by atoms with E-state index in [-0.39, 0.29) is 0 Å². The van der Waals surface area contributed by atoms with E-state index in [9.17, 15) is 0 Å². The van der Waals surface area contributed by atoms with Crippen molar-refractivity contribution in [1.82, 2.24) is 15.0 Å². The lowest BCUT2D eigenvalue weighted by Gasteiger charge is -2.11. The maximum atomic E-state index is 4.53. The summed E-state index contributed by atoms with van der Waals surface area (Å²) in [6, 6.07) is 14.0. The summed E-state index contributed by atoms with van der Waals surface area (Å²) in [4.78, 5) is 13.3. The molecule has 0 atom stereocenters. The van der Waals surface area contributed by atoms with Gasteiger partial charge in [-0.2, -0.15) is 4.98 Å². The van der Waals surface area contributed by atoms with Crippen LogP contribution in [0.5, 0.6) is 0 Å². The van der Waals surface area contributed by atoms with E-state index in [0.717, 1.165) is 22.9 Å². The topological polar surface area (TPSA) is 62.7 Å². The first-order chi connectivity index (χ1) is 11.6. The fourth-order valence-electron chi connectivity index (χ4n) is 2.35. The Balaban J connectivity index is 1.74. The summed E-state index contributed by atoms with van der Waals surface area (Å²) in [5.74, 6) is 1.36. The fraction of sp³-hybridized carbons (Fsp3) is 0.211. The SMILES string of the molecule is Cc1cc(Nc2ccc(C)c(C)c2)nc(NCc2ccccn2)n1. The average Bonchev–Trinajstić information content (AvgIpc) is 2.57. The Labute approximate surface area is 142 Å². The summed E-state index contributed by atoms with van der Waals surface area (Å²) in [6.45, 7) is 6.76. The van der Waals surface area contributed by atoms with Crippen molar-refractivity contribution >= 4 is 17.5 Å². The van der Waals surface area contributed by atoms with E-state index >= 15 is 0 Å². The molecule has 2 heterocycles. The molecule has 0 unspecified atom stereocenters. The van der Waals surface area contributed by atoms with Gasteiger partial charge in [-0.15, -0.1) is 0 Å². The van der Waals surface area contributed by atoms with E-state index in [1.165, 1.54) is 11.1 Å². The molecule has 3 rings (SSSR count). The van der Waals surface area contributed by atoms with Gasteiger partial charge in [0.2, 0.25) is 5.95 Å². The van der Waals surface area contributed by atoms with Gasteiger partial charge in [0.25, 0.3) is 0 Å². The van der Waals surface area contributed by atoms with Crippen LogP contribution < -0.4 is 10.6 Å². The Morgan fingerprint density at radius 3 is 2.54 bits per heavy atom. The third-order valence-corrected chi connectivity index (χ3v) is 3.79. The zero-order valence-electron chi connectivity index (χ0n) is 14.2. The number of pyridine rings is 1. The lowest BCUT2D eigenvalue weighted by Crippen LogP contribution is -2.07. The van der Waals surface area contributed by atoms with E-state index in [0.29, 0.717) is 12.5 Å². The van der Waals surface area contributed by atoms with Gasteiger partial charge in [-0.3, -0.25) is 4.98 Å². The third-order valence-electron chi connectivity index (χ3n) is 3.79. The number of rotatable bonds is 5. The van der Waals surface area contributed by atoms with Gasteiger partial charge in [0.15, 0.2) is 0 Å². The second-order valence-electron chi connectivity index (χ2n) is 5.82. The van der Waals surface area contributed by atoms with Crippen molar-refractivity contribution in [3.05, 3.63) is 71.2 Å². The third kappa shape index (κ3) is 4.07. The highest BCUT2D eigenvalue weighted by atomic mass is 15.1. The van der Waals surface area contributed by atoms with E-state index in [2.05, 4.69) is 57.6 Å². The molecule has 0 aliphatic rings. The van der Waals surface area contributed by atoms with Crippen LogP contribution in [0.25, 0.3) is 0 Å². The van der Waals surface area contributed by atoms with Crippen molar-refractivity contribution in [1.29, 1.82) is 0 Å². The molecule has 0 bridgehead atoms. The first-order valence-electron chi connectivity index (χ1n) is 7.94. The molecule has 122 valence electrons. The van der Waals surface area contributed by atoms with Crippen LogP contribution in [0.15, 0.2) is 48.7 Å². The summed E-state index contributed by atoms with van der Waals surface area (Å²) in [7, 11) is 0. The van der Waals surface area contributed by atoms with Crippen molar-refractivity contribution in [2.75, 3.05) is 10.6 Å². The Kier molecular flexibility index (Phi) is 4.70. The number of hydrogen-bond acceptors (Lipinski definition) is 5. The number of hydrogen-bond donors (Lipinski definition) is 2. The highest BCUT2D eigenvalue weighted by molar-refractivity contribution is 5.59. The molecule has 2 N–H and O–H groups in total. The van der Waals surface area contributed by atoms with Gasteiger partial charge < -0.3 is 10.6 Å². The van der Waals surface area contributed by atoms with Gasteiger partial charge in [0.05, 0.1) is 12.2 Å². The predicted molar refractivity (Wildman–Crippen MR) is 97.5 cm³/mol. The Morgan fingerprint density at radius 1 is 0.917 bits per heavy atom. The second kappa shape index (κ2) is 7.08. The number of nitrogens with zero attached hydrogens (tertiary/aromatic N) is 3. The van der Waals surface area contributed by atoms with E-state index in [4.69, 9.17) is 0 Å². The van der Waals surface area contributed by atoms with Crippen LogP contribution in [-0.2, 0) is 6.54 Å². The Morgan fingerprint density at radius 2 is 1.79 bits per heavy atom. The quantitative estimate of drug-likeness (QED) is 0.739. The summed E-state index contributed by atoms with van der Waals surface area (Å²) in [6.07, 6.45) is 1.78. The van der Waals surface area contributed by atoms with Crippen molar-refractivity contribution in [2.24, 2.45) is 0 Å². The molecule has 5 nitrogen and oxygen atoms in total. The van der Waals surface area contributed by atoms with Crippen LogP contribution in [0.4, 0.5) is 17.5 Å². The van der Waals surface area contributed by atoms with Gasteiger partial charge in [-0.05, 0) is 56.2 Å². The van der Waals surface area contributed by atoms with Gasteiger partial charge in [-0.1, -0.05) is 12.1 Å². The van der Waals surface area contributed by atoms with Gasteiger partial charge in [-0.25, -0.2) is 4.98 Å². The largest absolute Gasteiger partial charge is 0.349 e. The van der Waals surface area contributed by atoms with Crippen LogP contribution in [0.3, 0.4) is 0 Å². The van der Waals surface area contributed by atoms with E-state index in [1.54, 1.807) is 6.20 Å². The molecule has 0 saturated heterocycles. The minimum absolute atomic E-state index is 0.590. The van der Waals surface area contributed by atoms with Crippen molar-refractivity contribution in [3.63, 3.8) is 0 Å². The van der Waals surface area contributed by atoms with Crippen LogP contribution >= 0.6 is 0 Å². The molecule has 0 radical (unpaired) electrons.